The first-order valence-corrected chi connectivity index (χ1v) is 6.37. The van der Waals surface area contributed by atoms with Crippen molar-refractivity contribution in [3.63, 3.8) is 0 Å². The smallest absolute Gasteiger partial charge is 0.0746 e. The monoisotopic (exact) mass is 228 g/mol. The number of likely N-dealkylation sites (N-methyl/N-ethyl adjacent to an activating group) is 1. The first-order valence-electron chi connectivity index (χ1n) is 6.37. The summed E-state index contributed by atoms with van der Waals surface area (Å²) < 4.78 is 0. The highest BCUT2D eigenvalue weighted by atomic mass is 16.3. The highest BCUT2D eigenvalue weighted by Crippen LogP contribution is 2.39. The van der Waals surface area contributed by atoms with Crippen molar-refractivity contribution >= 4 is 0 Å². The molecule has 0 aromatic heterocycles. The van der Waals surface area contributed by atoms with Crippen LogP contribution in [-0.4, -0.2) is 61.3 Å². The fourth-order valence-corrected chi connectivity index (χ4v) is 2.61. The van der Waals surface area contributed by atoms with E-state index in [1.165, 1.54) is 6.42 Å². The molecule has 1 rings (SSSR count). The fraction of sp³-hybridized carbons (Fsp3) is 1.00. The molecule has 0 saturated heterocycles. The Morgan fingerprint density at radius 1 is 1.19 bits per heavy atom. The maximum absolute atomic E-state index is 10.2. The Labute approximate surface area is 100 Å². The average Bonchev–Trinajstić information content (AvgIpc) is 2.41. The van der Waals surface area contributed by atoms with E-state index in [9.17, 15) is 5.11 Å². The van der Waals surface area contributed by atoms with Gasteiger partial charge in [-0.25, -0.2) is 0 Å². The Hall–Kier alpha value is -0.120. The van der Waals surface area contributed by atoms with E-state index >= 15 is 0 Å². The van der Waals surface area contributed by atoms with E-state index < -0.39 is 0 Å². The van der Waals surface area contributed by atoms with E-state index in [1.54, 1.807) is 0 Å². The molecule has 0 bridgehead atoms. The molecule has 2 atom stereocenters. The minimum absolute atomic E-state index is 0.0977. The first-order chi connectivity index (χ1) is 7.34. The average molecular weight is 228 g/mol. The van der Waals surface area contributed by atoms with Crippen molar-refractivity contribution in [1.82, 2.24) is 9.80 Å². The zero-order valence-corrected chi connectivity index (χ0v) is 11.5. The molecule has 0 aromatic rings. The molecule has 2 unspecified atom stereocenters. The molecule has 0 amide bonds. The van der Waals surface area contributed by atoms with Crippen LogP contribution in [0.5, 0.6) is 0 Å². The Balaban J connectivity index is 2.35. The first kappa shape index (κ1) is 13.9. The van der Waals surface area contributed by atoms with Gasteiger partial charge in [0.05, 0.1) is 6.10 Å². The molecule has 3 nitrogen and oxygen atoms in total. The third-order valence-electron chi connectivity index (χ3n) is 3.93. The number of rotatable bonds is 5. The van der Waals surface area contributed by atoms with E-state index in [4.69, 9.17) is 0 Å². The lowest BCUT2D eigenvalue weighted by molar-refractivity contribution is 0.0225. The molecular weight excluding hydrogens is 200 g/mol. The molecule has 0 aliphatic heterocycles. The molecule has 1 aliphatic carbocycles. The maximum Gasteiger partial charge on any atom is 0.0746 e. The number of hydrogen-bond donors (Lipinski definition) is 1. The molecule has 1 fully saturated rings. The summed E-state index contributed by atoms with van der Waals surface area (Å²) in [6.45, 7) is 6.54. The molecule has 1 N–H and O–H groups in total. The molecule has 0 radical (unpaired) electrons. The van der Waals surface area contributed by atoms with Gasteiger partial charge in [-0.1, -0.05) is 13.8 Å². The topological polar surface area (TPSA) is 26.7 Å². The summed E-state index contributed by atoms with van der Waals surface area (Å²) in [4.78, 5) is 4.55. The molecule has 96 valence electrons. The Kier molecular flexibility index (Phi) is 4.77. The SMILES string of the molecule is CN(C)CCCN(C)C1CCC(C)(C)C1O. The summed E-state index contributed by atoms with van der Waals surface area (Å²) in [5, 5.41) is 10.2. The predicted octanol–water partition coefficient (Wildman–Crippen LogP) is 1.42. The van der Waals surface area contributed by atoms with Crippen molar-refractivity contribution in [2.75, 3.05) is 34.2 Å². The summed E-state index contributed by atoms with van der Waals surface area (Å²) in [6.07, 6.45) is 3.27. The lowest BCUT2D eigenvalue weighted by atomic mass is 9.88. The maximum atomic E-state index is 10.2. The van der Waals surface area contributed by atoms with Gasteiger partial charge < -0.3 is 14.9 Å². The van der Waals surface area contributed by atoms with Crippen LogP contribution in [0.15, 0.2) is 0 Å². The van der Waals surface area contributed by atoms with Crippen LogP contribution < -0.4 is 0 Å². The summed E-state index contributed by atoms with van der Waals surface area (Å²) in [7, 11) is 6.35. The third-order valence-corrected chi connectivity index (χ3v) is 3.93. The van der Waals surface area contributed by atoms with Crippen LogP contribution in [0, 0.1) is 5.41 Å². The molecule has 1 aliphatic rings. The molecule has 0 spiro atoms. The molecule has 0 aromatic carbocycles. The number of nitrogens with zero attached hydrogens (tertiary/aromatic N) is 2. The van der Waals surface area contributed by atoms with Gasteiger partial charge in [-0.2, -0.15) is 0 Å². The van der Waals surface area contributed by atoms with Crippen molar-refractivity contribution < 1.29 is 5.11 Å². The van der Waals surface area contributed by atoms with E-state index in [0.717, 1.165) is 25.9 Å². The summed E-state index contributed by atoms with van der Waals surface area (Å²) in [6, 6.07) is 0.358. The van der Waals surface area contributed by atoms with Crippen LogP contribution in [0.1, 0.15) is 33.1 Å². The number of aliphatic hydroxyl groups is 1. The second-order valence-electron chi connectivity index (χ2n) is 6.18. The van der Waals surface area contributed by atoms with Gasteiger partial charge in [0.25, 0.3) is 0 Å². The highest BCUT2D eigenvalue weighted by molar-refractivity contribution is 4.95. The van der Waals surface area contributed by atoms with Gasteiger partial charge >= 0.3 is 0 Å². The van der Waals surface area contributed by atoms with E-state index in [-0.39, 0.29) is 11.5 Å². The Morgan fingerprint density at radius 3 is 2.25 bits per heavy atom. The number of aliphatic hydroxyl groups excluding tert-OH is 1. The normalized spacial score (nSPS) is 29.2. The van der Waals surface area contributed by atoms with Crippen molar-refractivity contribution in [3.8, 4) is 0 Å². The standard InChI is InChI=1S/C13H28N2O/c1-13(2)8-7-11(12(13)16)15(5)10-6-9-14(3)4/h11-12,16H,6-10H2,1-5H3. The van der Waals surface area contributed by atoms with Crippen molar-refractivity contribution in [2.45, 2.75) is 45.3 Å². The van der Waals surface area contributed by atoms with Crippen molar-refractivity contribution in [3.05, 3.63) is 0 Å². The highest BCUT2D eigenvalue weighted by Gasteiger charge is 2.42. The minimum Gasteiger partial charge on any atom is -0.391 e. The van der Waals surface area contributed by atoms with Crippen molar-refractivity contribution in [2.24, 2.45) is 5.41 Å². The molecular formula is C13H28N2O. The summed E-state index contributed by atoms with van der Waals surface area (Å²) in [5.41, 5.74) is 0.0977. The quantitative estimate of drug-likeness (QED) is 0.771. The minimum atomic E-state index is -0.170. The van der Waals surface area contributed by atoms with Gasteiger partial charge in [0, 0.05) is 6.04 Å². The largest absolute Gasteiger partial charge is 0.391 e. The Morgan fingerprint density at radius 2 is 1.81 bits per heavy atom. The van der Waals surface area contributed by atoms with Crippen molar-refractivity contribution in [1.29, 1.82) is 0 Å². The van der Waals surface area contributed by atoms with Crippen LogP contribution in [0.3, 0.4) is 0 Å². The zero-order valence-electron chi connectivity index (χ0n) is 11.5. The van der Waals surface area contributed by atoms with Crippen LogP contribution in [0.4, 0.5) is 0 Å². The van der Waals surface area contributed by atoms with Crippen LogP contribution in [-0.2, 0) is 0 Å². The van der Waals surface area contributed by atoms with E-state index in [2.05, 4.69) is 44.8 Å². The van der Waals surface area contributed by atoms with Crippen LogP contribution >= 0.6 is 0 Å². The molecule has 3 heteroatoms. The van der Waals surface area contributed by atoms with Crippen LogP contribution in [0.2, 0.25) is 0 Å². The van der Waals surface area contributed by atoms with Crippen LogP contribution in [0.25, 0.3) is 0 Å². The molecule has 0 heterocycles. The fourth-order valence-electron chi connectivity index (χ4n) is 2.61. The van der Waals surface area contributed by atoms with Gasteiger partial charge in [-0.15, -0.1) is 0 Å². The van der Waals surface area contributed by atoms with E-state index in [1.807, 2.05) is 0 Å². The third kappa shape index (κ3) is 3.44. The predicted molar refractivity (Wildman–Crippen MR) is 68.6 cm³/mol. The van der Waals surface area contributed by atoms with Gasteiger partial charge in [-0.3, -0.25) is 0 Å². The van der Waals surface area contributed by atoms with Gasteiger partial charge in [-0.05, 0) is 58.9 Å². The second-order valence-corrected chi connectivity index (χ2v) is 6.18. The van der Waals surface area contributed by atoms with Gasteiger partial charge in [0.15, 0.2) is 0 Å². The Bertz CT molecular complexity index is 216. The lowest BCUT2D eigenvalue weighted by Crippen LogP contribution is -2.42. The van der Waals surface area contributed by atoms with E-state index in [0.29, 0.717) is 6.04 Å². The molecule has 16 heavy (non-hydrogen) atoms. The summed E-state index contributed by atoms with van der Waals surface area (Å²) >= 11 is 0. The van der Waals surface area contributed by atoms with Gasteiger partial charge in [0.2, 0.25) is 0 Å². The second kappa shape index (κ2) is 5.48. The number of hydrogen-bond acceptors (Lipinski definition) is 3. The van der Waals surface area contributed by atoms with Gasteiger partial charge in [0.1, 0.15) is 0 Å². The lowest BCUT2D eigenvalue weighted by Gasteiger charge is -2.31. The molecule has 1 saturated carbocycles. The zero-order chi connectivity index (χ0) is 12.3. The summed E-state index contributed by atoms with van der Waals surface area (Å²) in [5.74, 6) is 0.